The van der Waals surface area contributed by atoms with Crippen molar-refractivity contribution in [1.82, 2.24) is 0 Å². The fourth-order valence-corrected chi connectivity index (χ4v) is 2.69. The summed E-state index contributed by atoms with van der Waals surface area (Å²) < 4.78 is 27.3. The van der Waals surface area contributed by atoms with Gasteiger partial charge in [-0.1, -0.05) is 23.2 Å². The van der Waals surface area contributed by atoms with Crippen LogP contribution in [-0.4, -0.2) is 38.8 Å². The second-order valence-corrected chi connectivity index (χ2v) is 6.54. The Morgan fingerprint density at radius 1 is 1.16 bits per heavy atom. The van der Waals surface area contributed by atoms with Gasteiger partial charge in [0.05, 0.1) is 17.2 Å². The van der Waals surface area contributed by atoms with E-state index in [4.69, 9.17) is 23.2 Å². The predicted molar refractivity (Wildman–Crippen MR) is 71.5 cm³/mol. The zero-order valence-electron chi connectivity index (χ0n) is 9.85. The van der Waals surface area contributed by atoms with E-state index in [1.165, 1.54) is 18.2 Å². The second-order valence-electron chi connectivity index (χ2n) is 3.66. The molecule has 0 spiro atoms. The van der Waals surface area contributed by atoms with Crippen LogP contribution in [0.5, 0.6) is 0 Å². The fourth-order valence-electron chi connectivity index (χ4n) is 1.24. The number of ketones is 1. The van der Waals surface area contributed by atoms with Gasteiger partial charge >= 0.3 is 5.97 Å². The molecule has 0 unspecified atom stereocenters. The molecule has 0 saturated heterocycles. The molecule has 0 aliphatic rings. The molecular weight excluding hydrogens is 315 g/mol. The van der Waals surface area contributed by atoms with Crippen LogP contribution >= 0.6 is 23.2 Å². The Morgan fingerprint density at radius 2 is 1.79 bits per heavy atom. The van der Waals surface area contributed by atoms with Gasteiger partial charge < -0.3 is 4.74 Å². The highest BCUT2D eigenvalue weighted by Gasteiger charge is 2.22. The first-order valence-electron chi connectivity index (χ1n) is 5.00. The van der Waals surface area contributed by atoms with Crippen LogP contribution in [0.4, 0.5) is 0 Å². The van der Waals surface area contributed by atoms with Gasteiger partial charge in [-0.3, -0.25) is 9.59 Å². The molecular formula is C11H10Cl2O5S. The van der Waals surface area contributed by atoms with Gasteiger partial charge in [0.15, 0.2) is 15.6 Å². The van der Waals surface area contributed by atoms with Crippen LogP contribution in [0.25, 0.3) is 0 Å². The lowest BCUT2D eigenvalue weighted by Crippen LogP contribution is -2.24. The molecule has 0 aromatic heterocycles. The van der Waals surface area contributed by atoms with Gasteiger partial charge in [0.1, 0.15) is 11.5 Å². The van der Waals surface area contributed by atoms with E-state index in [1.807, 2.05) is 0 Å². The molecule has 0 N–H and O–H groups in total. The maximum Gasteiger partial charge on any atom is 0.320 e. The van der Waals surface area contributed by atoms with E-state index < -0.39 is 33.1 Å². The zero-order valence-corrected chi connectivity index (χ0v) is 12.2. The second kappa shape index (κ2) is 6.36. The topological polar surface area (TPSA) is 77.5 Å². The van der Waals surface area contributed by atoms with Crippen LogP contribution in [0.15, 0.2) is 18.2 Å². The van der Waals surface area contributed by atoms with Crippen molar-refractivity contribution in [2.45, 2.75) is 0 Å². The molecule has 0 atom stereocenters. The number of rotatable bonds is 5. The van der Waals surface area contributed by atoms with E-state index in [0.29, 0.717) is 0 Å². The molecule has 0 radical (unpaired) electrons. The quantitative estimate of drug-likeness (QED) is 0.609. The molecule has 1 aromatic rings. The number of sulfone groups is 1. The first kappa shape index (κ1) is 15.9. The normalized spacial score (nSPS) is 11.1. The number of carbonyl (C=O) groups is 2. The average Bonchev–Trinajstić information content (AvgIpc) is 2.31. The van der Waals surface area contributed by atoms with Crippen LogP contribution in [-0.2, 0) is 19.4 Å². The van der Waals surface area contributed by atoms with Gasteiger partial charge in [-0.25, -0.2) is 8.42 Å². The van der Waals surface area contributed by atoms with Gasteiger partial charge in [0, 0.05) is 5.56 Å². The number of benzene rings is 1. The number of methoxy groups -OCH3 is 1. The van der Waals surface area contributed by atoms with E-state index >= 15 is 0 Å². The Balaban J connectivity index is 2.84. The predicted octanol–water partition coefficient (Wildman–Crippen LogP) is 1.76. The number of hydrogen-bond acceptors (Lipinski definition) is 5. The summed E-state index contributed by atoms with van der Waals surface area (Å²) in [5.74, 6) is -3.21. The van der Waals surface area contributed by atoms with Crippen molar-refractivity contribution in [3.05, 3.63) is 33.8 Å². The summed E-state index contributed by atoms with van der Waals surface area (Å²) in [6.07, 6.45) is 0. The Morgan fingerprint density at radius 3 is 2.32 bits per heavy atom. The first-order valence-corrected chi connectivity index (χ1v) is 7.58. The van der Waals surface area contributed by atoms with Gasteiger partial charge in [-0.05, 0) is 18.2 Å². The van der Waals surface area contributed by atoms with E-state index in [9.17, 15) is 18.0 Å². The summed E-state index contributed by atoms with van der Waals surface area (Å²) in [5, 5.41) is 0.411. The fraction of sp³-hybridized carbons (Fsp3) is 0.273. The number of carbonyl (C=O) groups excluding carboxylic acids is 2. The average molecular weight is 325 g/mol. The largest absolute Gasteiger partial charge is 0.468 e. The first-order chi connectivity index (χ1) is 8.75. The minimum Gasteiger partial charge on any atom is -0.468 e. The van der Waals surface area contributed by atoms with E-state index in [-0.39, 0.29) is 15.6 Å². The van der Waals surface area contributed by atoms with Crippen LogP contribution in [0, 0.1) is 0 Å². The summed E-state index contributed by atoms with van der Waals surface area (Å²) in [6.45, 7) is 0. The van der Waals surface area contributed by atoms with Gasteiger partial charge in [-0.2, -0.15) is 0 Å². The highest BCUT2D eigenvalue weighted by atomic mass is 35.5. The SMILES string of the molecule is COC(=O)CS(=O)(=O)CC(=O)c1ccc(Cl)c(Cl)c1. The monoisotopic (exact) mass is 324 g/mol. The minimum atomic E-state index is -3.86. The number of hydrogen-bond donors (Lipinski definition) is 0. The van der Waals surface area contributed by atoms with Crippen molar-refractivity contribution < 1.29 is 22.7 Å². The van der Waals surface area contributed by atoms with Crippen LogP contribution in [0.2, 0.25) is 10.0 Å². The lowest BCUT2D eigenvalue weighted by Gasteiger charge is -2.04. The molecule has 0 amide bonds. The molecule has 1 rings (SSSR count). The Bertz CT molecular complexity index is 610. The molecule has 5 nitrogen and oxygen atoms in total. The van der Waals surface area contributed by atoms with Crippen molar-refractivity contribution in [1.29, 1.82) is 0 Å². The Labute approximate surface area is 120 Å². The van der Waals surface area contributed by atoms with Crippen LogP contribution in [0.3, 0.4) is 0 Å². The smallest absolute Gasteiger partial charge is 0.320 e. The molecule has 0 fully saturated rings. The molecule has 104 valence electrons. The molecule has 0 bridgehead atoms. The summed E-state index contributed by atoms with van der Waals surface area (Å²) >= 11 is 11.4. The van der Waals surface area contributed by atoms with E-state index in [0.717, 1.165) is 7.11 Å². The van der Waals surface area contributed by atoms with Crippen molar-refractivity contribution in [3.63, 3.8) is 0 Å². The highest BCUT2D eigenvalue weighted by molar-refractivity contribution is 7.92. The van der Waals surface area contributed by atoms with Gasteiger partial charge in [0.25, 0.3) is 0 Å². The maximum absolute atomic E-state index is 11.8. The summed E-state index contributed by atoms with van der Waals surface area (Å²) in [5.41, 5.74) is 0.114. The molecule has 1 aromatic carbocycles. The van der Waals surface area contributed by atoms with Crippen molar-refractivity contribution >= 4 is 44.8 Å². The van der Waals surface area contributed by atoms with E-state index in [1.54, 1.807) is 0 Å². The third-order valence-corrected chi connectivity index (χ3v) is 4.27. The Hall–Kier alpha value is -1.11. The van der Waals surface area contributed by atoms with Crippen LogP contribution in [0.1, 0.15) is 10.4 Å². The molecule has 0 saturated carbocycles. The van der Waals surface area contributed by atoms with Crippen molar-refractivity contribution in [2.24, 2.45) is 0 Å². The third-order valence-electron chi connectivity index (χ3n) is 2.16. The standard InChI is InChI=1S/C11H10Cl2O5S/c1-18-11(15)6-19(16,17)5-10(14)7-2-3-8(12)9(13)4-7/h2-4H,5-6H2,1H3. The van der Waals surface area contributed by atoms with Gasteiger partial charge in [-0.15, -0.1) is 0 Å². The molecule has 19 heavy (non-hydrogen) atoms. The van der Waals surface area contributed by atoms with Crippen LogP contribution < -0.4 is 0 Å². The number of esters is 1. The maximum atomic E-state index is 11.8. The third kappa shape index (κ3) is 4.81. The molecule has 0 aliphatic carbocycles. The lowest BCUT2D eigenvalue weighted by molar-refractivity contribution is -0.137. The molecule has 0 heterocycles. The molecule has 8 heteroatoms. The number of ether oxygens (including phenoxy) is 1. The summed E-state index contributed by atoms with van der Waals surface area (Å²) in [6, 6.07) is 4.04. The highest BCUT2D eigenvalue weighted by Crippen LogP contribution is 2.23. The lowest BCUT2D eigenvalue weighted by atomic mass is 10.1. The minimum absolute atomic E-state index is 0.114. The van der Waals surface area contributed by atoms with Crippen molar-refractivity contribution in [3.8, 4) is 0 Å². The van der Waals surface area contributed by atoms with Gasteiger partial charge in [0.2, 0.25) is 0 Å². The summed E-state index contributed by atoms with van der Waals surface area (Å²) in [7, 11) is -2.80. The summed E-state index contributed by atoms with van der Waals surface area (Å²) in [4.78, 5) is 22.7. The van der Waals surface area contributed by atoms with Crippen molar-refractivity contribution in [2.75, 3.05) is 18.6 Å². The van der Waals surface area contributed by atoms with E-state index in [2.05, 4.69) is 4.74 Å². The molecule has 0 aliphatic heterocycles. The number of halogens is 2. The zero-order chi connectivity index (χ0) is 14.6. The Kier molecular flexibility index (Phi) is 5.34. The number of Topliss-reactive ketones (excluding diaryl/α,β-unsaturated/α-hetero) is 1.